The Morgan fingerprint density at radius 2 is 2.28 bits per heavy atom. The van der Waals surface area contributed by atoms with E-state index in [1.165, 1.54) is 7.11 Å². The number of ether oxygens (including phenoxy) is 2. The first kappa shape index (κ1) is 13.3. The van der Waals surface area contributed by atoms with E-state index in [0.29, 0.717) is 23.6 Å². The van der Waals surface area contributed by atoms with Crippen molar-refractivity contribution in [3.05, 3.63) is 28.3 Å². The lowest BCUT2D eigenvalue weighted by molar-refractivity contribution is -0.136. The SMILES string of the molecule is COC(=O)C1=Cc2cc(Cl)cc(SC)c2OCC1. The fourth-order valence-electron chi connectivity index (χ4n) is 1.82. The van der Waals surface area contributed by atoms with E-state index in [-0.39, 0.29) is 5.97 Å². The summed E-state index contributed by atoms with van der Waals surface area (Å²) in [5.41, 5.74) is 1.43. The topological polar surface area (TPSA) is 35.5 Å². The van der Waals surface area contributed by atoms with Gasteiger partial charge in [0.25, 0.3) is 0 Å². The lowest BCUT2D eigenvalue weighted by Crippen LogP contribution is -2.06. The molecule has 18 heavy (non-hydrogen) atoms. The smallest absolute Gasteiger partial charge is 0.333 e. The Bertz CT molecular complexity index is 511. The molecule has 0 bridgehead atoms. The maximum absolute atomic E-state index is 11.6. The highest BCUT2D eigenvalue weighted by Crippen LogP contribution is 2.37. The number of esters is 1. The van der Waals surface area contributed by atoms with Gasteiger partial charge in [-0.15, -0.1) is 11.8 Å². The van der Waals surface area contributed by atoms with Gasteiger partial charge in [-0.3, -0.25) is 0 Å². The van der Waals surface area contributed by atoms with Crippen LogP contribution in [0.15, 0.2) is 22.6 Å². The monoisotopic (exact) mass is 284 g/mol. The van der Waals surface area contributed by atoms with Gasteiger partial charge in [-0.2, -0.15) is 0 Å². The third kappa shape index (κ3) is 2.65. The Morgan fingerprint density at radius 1 is 1.50 bits per heavy atom. The molecule has 0 spiro atoms. The second kappa shape index (κ2) is 5.67. The minimum atomic E-state index is -0.322. The van der Waals surface area contributed by atoms with E-state index in [9.17, 15) is 4.79 Å². The van der Waals surface area contributed by atoms with Gasteiger partial charge < -0.3 is 9.47 Å². The van der Waals surface area contributed by atoms with Gasteiger partial charge in [0, 0.05) is 22.6 Å². The van der Waals surface area contributed by atoms with Crippen LogP contribution >= 0.6 is 23.4 Å². The second-order valence-corrected chi connectivity index (χ2v) is 5.07. The number of halogens is 1. The minimum Gasteiger partial charge on any atom is -0.491 e. The van der Waals surface area contributed by atoms with Gasteiger partial charge in [0.15, 0.2) is 0 Å². The maximum Gasteiger partial charge on any atom is 0.333 e. The molecule has 1 heterocycles. The summed E-state index contributed by atoms with van der Waals surface area (Å²) >= 11 is 7.63. The summed E-state index contributed by atoms with van der Waals surface area (Å²) < 4.78 is 10.5. The molecule has 2 rings (SSSR count). The Balaban J connectivity index is 2.51. The van der Waals surface area contributed by atoms with E-state index >= 15 is 0 Å². The highest BCUT2D eigenvalue weighted by atomic mass is 35.5. The number of benzene rings is 1. The van der Waals surface area contributed by atoms with Crippen LogP contribution in [0.1, 0.15) is 12.0 Å². The Hall–Kier alpha value is -1.13. The molecule has 0 aromatic heterocycles. The number of hydrogen-bond acceptors (Lipinski definition) is 4. The summed E-state index contributed by atoms with van der Waals surface area (Å²) in [5.74, 6) is 0.461. The van der Waals surface area contributed by atoms with Crippen molar-refractivity contribution in [2.75, 3.05) is 20.0 Å². The summed E-state index contributed by atoms with van der Waals surface area (Å²) in [6.45, 7) is 0.461. The average molecular weight is 285 g/mol. The van der Waals surface area contributed by atoms with E-state index in [2.05, 4.69) is 0 Å². The predicted octanol–water partition coefficient (Wildman–Crippen LogP) is 3.40. The van der Waals surface area contributed by atoms with E-state index in [0.717, 1.165) is 16.2 Å². The first-order chi connectivity index (χ1) is 8.65. The zero-order chi connectivity index (χ0) is 13.1. The molecule has 0 atom stereocenters. The number of hydrogen-bond donors (Lipinski definition) is 0. The zero-order valence-corrected chi connectivity index (χ0v) is 11.7. The molecule has 0 saturated heterocycles. The van der Waals surface area contributed by atoms with Crippen LogP contribution in [-0.2, 0) is 9.53 Å². The highest BCUT2D eigenvalue weighted by molar-refractivity contribution is 7.98. The third-order valence-corrected chi connectivity index (χ3v) is 3.62. The molecule has 1 aliphatic heterocycles. The van der Waals surface area contributed by atoms with Crippen molar-refractivity contribution in [1.82, 2.24) is 0 Å². The van der Waals surface area contributed by atoms with Gasteiger partial charge in [-0.05, 0) is 24.5 Å². The first-order valence-electron chi connectivity index (χ1n) is 5.45. The average Bonchev–Trinajstić information content (AvgIpc) is 2.58. The quantitative estimate of drug-likeness (QED) is 0.616. The van der Waals surface area contributed by atoms with Gasteiger partial charge in [-0.1, -0.05) is 11.6 Å². The highest BCUT2D eigenvalue weighted by Gasteiger charge is 2.18. The van der Waals surface area contributed by atoms with Crippen LogP contribution in [0.25, 0.3) is 6.08 Å². The number of methoxy groups -OCH3 is 1. The molecule has 1 aromatic carbocycles. The van der Waals surface area contributed by atoms with E-state index in [4.69, 9.17) is 21.1 Å². The molecule has 0 unspecified atom stereocenters. The summed E-state index contributed by atoms with van der Waals surface area (Å²) in [6.07, 6.45) is 4.29. The van der Waals surface area contributed by atoms with Crippen LogP contribution in [0, 0.1) is 0 Å². The van der Waals surface area contributed by atoms with Crippen LogP contribution in [0.5, 0.6) is 5.75 Å². The summed E-state index contributed by atoms with van der Waals surface area (Å²) in [4.78, 5) is 12.6. The molecule has 0 N–H and O–H groups in total. The van der Waals surface area contributed by atoms with Crippen LogP contribution in [0.4, 0.5) is 0 Å². The zero-order valence-electron chi connectivity index (χ0n) is 10.2. The molecule has 0 amide bonds. The van der Waals surface area contributed by atoms with Crippen LogP contribution < -0.4 is 4.74 Å². The van der Waals surface area contributed by atoms with Gasteiger partial charge in [-0.25, -0.2) is 4.79 Å². The molecule has 1 aliphatic rings. The molecule has 3 nitrogen and oxygen atoms in total. The molecule has 0 aliphatic carbocycles. The fraction of sp³-hybridized carbons (Fsp3) is 0.308. The molecule has 5 heteroatoms. The Kier molecular flexibility index (Phi) is 4.19. The Morgan fingerprint density at radius 3 is 2.94 bits per heavy atom. The standard InChI is InChI=1S/C13H13ClO3S/c1-16-13(15)8-3-4-17-12-9(5-8)6-10(14)7-11(12)18-2/h5-7H,3-4H2,1-2H3. The van der Waals surface area contributed by atoms with Crippen molar-refractivity contribution in [2.24, 2.45) is 0 Å². The fourth-order valence-corrected chi connectivity index (χ4v) is 2.72. The van der Waals surface area contributed by atoms with Crippen molar-refractivity contribution in [1.29, 1.82) is 0 Å². The van der Waals surface area contributed by atoms with Crippen molar-refractivity contribution >= 4 is 35.4 Å². The molecule has 0 fully saturated rings. The van der Waals surface area contributed by atoms with Crippen LogP contribution in [0.3, 0.4) is 0 Å². The lowest BCUT2D eigenvalue weighted by atomic mass is 10.1. The Labute approximate surface area is 115 Å². The van der Waals surface area contributed by atoms with E-state index in [1.807, 2.05) is 12.3 Å². The molecular weight excluding hydrogens is 272 g/mol. The number of carbonyl (C=O) groups is 1. The van der Waals surface area contributed by atoms with Crippen LogP contribution in [-0.4, -0.2) is 25.9 Å². The van der Waals surface area contributed by atoms with Gasteiger partial charge in [0.05, 0.1) is 18.6 Å². The first-order valence-corrected chi connectivity index (χ1v) is 7.05. The van der Waals surface area contributed by atoms with Crippen molar-refractivity contribution in [2.45, 2.75) is 11.3 Å². The summed E-state index contributed by atoms with van der Waals surface area (Å²) in [7, 11) is 1.38. The second-order valence-electron chi connectivity index (χ2n) is 3.79. The van der Waals surface area contributed by atoms with E-state index in [1.54, 1.807) is 23.9 Å². The van der Waals surface area contributed by atoms with Crippen molar-refractivity contribution < 1.29 is 14.3 Å². The van der Waals surface area contributed by atoms with Crippen molar-refractivity contribution in [3.8, 4) is 5.75 Å². The lowest BCUT2D eigenvalue weighted by Gasteiger charge is -2.11. The molecule has 1 aromatic rings. The van der Waals surface area contributed by atoms with Crippen molar-refractivity contribution in [3.63, 3.8) is 0 Å². The number of thioether (sulfide) groups is 1. The largest absolute Gasteiger partial charge is 0.491 e. The van der Waals surface area contributed by atoms with E-state index < -0.39 is 0 Å². The summed E-state index contributed by atoms with van der Waals surface area (Å²) in [5, 5.41) is 0.629. The molecule has 0 saturated carbocycles. The number of fused-ring (bicyclic) bond motifs is 1. The minimum absolute atomic E-state index is 0.322. The normalized spacial score (nSPS) is 14.1. The van der Waals surface area contributed by atoms with Gasteiger partial charge >= 0.3 is 5.97 Å². The molecular formula is C13H13ClO3S. The number of rotatable bonds is 2. The van der Waals surface area contributed by atoms with Gasteiger partial charge in [0.1, 0.15) is 5.75 Å². The predicted molar refractivity (Wildman–Crippen MR) is 73.3 cm³/mol. The third-order valence-electron chi connectivity index (χ3n) is 2.66. The van der Waals surface area contributed by atoms with Gasteiger partial charge in [0.2, 0.25) is 0 Å². The number of carbonyl (C=O) groups excluding carboxylic acids is 1. The molecule has 96 valence electrons. The summed E-state index contributed by atoms with van der Waals surface area (Å²) in [6, 6.07) is 3.66. The van der Waals surface area contributed by atoms with Crippen LogP contribution in [0.2, 0.25) is 5.02 Å². The maximum atomic E-state index is 11.6. The molecule has 0 radical (unpaired) electrons.